The van der Waals surface area contributed by atoms with Gasteiger partial charge in [0.1, 0.15) is 13.2 Å². The summed E-state index contributed by atoms with van der Waals surface area (Å²) in [5.41, 5.74) is 0. The molecule has 6 nitrogen and oxygen atoms in total. The minimum Gasteiger partial charge on any atom is -0.462 e. The second kappa shape index (κ2) is 62.6. The molecule has 76 heavy (non-hydrogen) atoms. The number of ether oxygens (including phenoxy) is 3. The van der Waals surface area contributed by atoms with E-state index < -0.39 is 6.10 Å². The summed E-state index contributed by atoms with van der Waals surface area (Å²) in [7, 11) is 0. The largest absolute Gasteiger partial charge is 0.462 e. The standard InChI is InChI=1S/C70H110O6/c1-4-7-10-13-16-19-22-25-28-30-32-33-34-35-36-37-39-40-42-45-48-51-54-57-60-63-69(72)75-66-67(65-74-68(71)62-59-56-53-50-47-44-27-24-21-18-15-12-9-6-3)76-70(73)64-61-58-55-52-49-46-43-41-38-31-29-26-23-20-17-14-11-8-5-2/h7-8,10-11,15-20,24-29,32-33,35-36,38-41,46,49,67H,4-6,9,12-14,21-23,30-31,34,37,42-45,47-48,50-66H2,1-3H3/b10-7-,11-8-,18-15-,19-16-,20-17-,27-24-,28-25-,29-26-,33-32-,36-35-,40-39-,41-38-,49-46-. The first-order valence-electron chi connectivity index (χ1n) is 30.5. The van der Waals surface area contributed by atoms with Gasteiger partial charge in [0.05, 0.1) is 0 Å². The van der Waals surface area contributed by atoms with Crippen LogP contribution in [0, 0.1) is 0 Å². The van der Waals surface area contributed by atoms with E-state index in [0.29, 0.717) is 19.3 Å². The van der Waals surface area contributed by atoms with E-state index in [9.17, 15) is 14.4 Å². The lowest BCUT2D eigenvalue weighted by molar-refractivity contribution is -0.167. The van der Waals surface area contributed by atoms with Gasteiger partial charge in [-0.05, 0) is 141 Å². The Morgan fingerprint density at radius 3 is 0.816 bits per heavy atom. The third kappa shape index (κ3) is 59.9. The van der Waals surface area contributed by atoms with Crippen molar-refractivity contribution in [1.29, 1.82) is 0 Å². The van der Waals surface area contributed by atoms with E-state index in [1.54, 1.807) is 0 Å². The van der Waals surface area contributed by atoms with Crippen LogP contribution in [0.2, 0.25) is 0 Å². The monoisotopic (exact) mass is 1050 g/mol. The zero-order valence-electron chi connectivity index (χ0n) is 48.7. The van der Waals surface area contributed by atoms with Crippen molar-refractivity contribution in [2.75, 3.05) is 13.2 Å². The molecule has 0 fully saturated rings. The summed E-state index contributed by atoms with van der Waals surface area (Å²) in [6.07, 6.45) is 90.9. The lowest BCUT2D eigenvalue weighted by atomic mass is 10.1. The Morgan fingerprint density at radius 2 is 0.513 bits per heavy atom. The van der Waals surface area contributed by atoms with Crippen LogP contribution >= 0.6 is 0 Å². The highest BCUT2D eigenvalue weighted by atomic mass is 16.6. The van der Waals surface area contributed by atoms with Crippen molar-refractivity contribution in [3.05, 3.63) is 158 Å². The van der Waals surface area contributed by atoms with E-state index in [2.05, 4.69) is 179 Å². The van der Waals surface area contributed by atoms with Gasteiger partial charge in [-0.1, -0.05) is 243 Å². The SMILES string of the molecule is CC/C=C\C/C=C\C/C=C\C/C=C\C/C=C\C/C=C\CCCCCCCCC(=O)OCC(COC(=O)CCCCCCC/C=C\C/C=C\CCCC)OC(=O)CCCCC/C=C\C/C=C\C/C=C\C/C=C\C/C=C\CC. The molecule has 0 N–H and O–H groups in total. The summed E-state index contributed by atoms with van der Waals surface area (Å²) in [5, 5.41) is 0. The maximum absolute atomic E-state index is 12.9. The van der Waals surface area contributed by atoms with Gasteiger partial charge >= 0.3 is 17.9 Å². The molecule has 0 bridgehead atoms. The van der Waals surface area contributed by atoms with Gasteiger partial charge in [-0.2, -0.15) is 0 Å². The molecule has 0 saturated heterocycles. The van der Waals surface area contributed by atoms with Crippen LogP contribution < -0.4 is 0 Å². The first-order valence-corrected chi connectivity index (χ1v) is 30.5. The van der Waals surface area contributed by atoms with Crippen molar-refractivity contribution >= 4 is 17.9 Å². The average Bonchev–Trinajstić information content (AvgIpc) is 3.42. The van der Waals surface area contributed by atoms with Crippen molar-refractivity contribution < 1.29 is 28.6 Å². The molecule has 1 atom stereocenters. The van der Waals surface area contributed by atoms with E-state index in [0.717, 1.165) is 167 Å². The third-order valence-corrected chi connectivity index (χ3v) is 12.2. The van der Waals surface area contributed by atoms with Gasteiger partial charge in [0.25, 0.3) is 0 Å². The first kappa shape index (κ1) is 71.0. The van der Waals surface area contributed by atoms with Crippen LogP contribution in [-0.2, 0) is 28.6 Å². The van der Waals surface area contributed by atoms with E-state index in [1.165, 1.54) is 32.1 Å². The Balaban J connectivity index is 4.49. The van der Waals surface area contributed by atoms with Crippen molar-refractivity contribution in [2.45, 2.75) is 252 Å². The number of carbonyl (C=O) groups is 3. The molecule has 0 heterocycles. The second-order valence-electron chi connectivity index (χ2n) is 19.5. The maximum Gasteiger partial charge on any atom is 0.306 e. The van der Waals surface area contributed by atoms with Gasteiger partial charge in [-0.25, -0.2) is 0 Å². The molecule has 0 spiro atoms. The fourth-order valence-electron chi connectivity index (χ4n) is 7.72. The molecule has 0 radical (unpaired) electrons. The van der Waals surface area contributed by atoms with E-state index >= 15 is 0 Å². The molecule has 0 aliphatic heterocycles. The van der Waals surface area contributed by atoms with Crippen molar-refractivity contribution in [3.8, 4) is 0 Å². The highest BCUT2D eigenvalue weighted by Gasteiger charge is 2.19. The highest BCUT2D eigenvalue weighted by molar-refractivity contribution is 5.71. The molecule has 0 aromatic rings. The minimum atomic E-state index is -0.817. The lowest BCUT2D eigenvalue weighted by Gasteiger charge is -2.18. The zero-order chi connectivity index (χ0) is 55.0. The van der Waals surface area contributed by atoms with Crippen LogP contribution in [0.15, 0.2) is 158 Å². The fourth-order valence-corrected chi connectivity index (χ4v) is 7.72. The number of hydrogen-bond donors (Lipinski definition) is 0. The summed E-state index contributed by atoms with van der Waals surface area (Å²) in [6.45, 7) is 6.31. The zero-order valence-corrected chi connectivity index (χ0v) is 48.7. The summed E-state index contributed by atoms with van der Waals surface area (Å²) in [5.74, 6) is -0.976. The normalized spacial score (nSPS) is 13.2. The second-order valence-corrected chi connectivity index (χ2v) is 19.5. The van der Waals surface area contributed by atoms with Gasteiger partial charge in [-0.15, -0.1) is 0 Å². The van der Waals surface area contributed by atoms with Crippen molar-refractivity contribution in [2.24, 2.45) is 0 Å². The number of allylic oxidation sites excluding steroid dienone is 26. The molecule has 1 unspecified atom stereocenters. The van der Waals surface area contributed by atoms with Gasteiger partial charge < -0.3 is 14.2 Å². The highest BCUT2D eigenvalue weighted by Crippen LogP contribution is 2.13. The predicted molar refractivity (Wildman–Crippen MR) is 329 cm³/mol. The van der Waals surface area contributed by atoms with Crippen LogP contribution in [0.3, 0.4) is 0 Å². The van der Waals surface area contributed by atoms with Gasteiger partial charge in [0.15, 0.2) is 6.10 Å². The summed E-state index contributed by atoms with van der Waals surface area (Å²) < 4.78 is 16.8. The summed E-state index contributed by atoms with van der Waals surface area (Å²) >= 11 is 0. The lowest BCUT2D eigenvalue weighted by Crippen LogP contribution is -2.30. The Bertz CT molecular complexity index is 1720. The van der Waals surface area contributed by atoms with E-state index in [1.807, 2.05) is 0 Å². The quantitative estimate of drug-likeness (QED) is 0.0261. The Labute approximate surface area is 467 Å². The molecular weight excluding hydrogens is 937 g/mol. The summed E-state index contributed by atoms with van der Waals surface area (Å²) in [6, 6.07) is 0. The Hall–Kier alpha value is -4.97. The molecule has 0 rings (SSSR count). The van der Waals surface area contributed by atoms with Gasteiger partial charge in [0, 0.05) is 19.3 Å². The predicted octanol–water partition coefficient (Wildman–Crippen LogP) is 20.9. The third-order valence-electron chi connectivity index (χ3n) is 12.2. The minimum absolute atomic E-state index is 0.110. The fraction of sp³-hybridized carbons (Fsp3) is 0.586. The molecule has 0 amide bonds. The molecule has 0 aromatic heterocycles. The number of rotatable bonds is 53. The van der Waals surface area contributed by atoms with E-state index in [-0.39, 0.29) is 37.5 Å². The van der Waals surface area contributed by atoms with Crippen LogP contribution in [0.25, 0.3) is 0 Å². The van der Waals surface area contributed by atoms with Crippen LogP contribution in [0.4, 0.5) is 0 Å². The van der Waals surface area contributed by atoms with Crippen molar-refractivity contribution in [1.82, 2.24) is 0 Å². The Kier molecular flexibility index (Phi) is 58.5. The number of unbranched alkanes of at least 4 members (excludes halogenated alkanes) is 16. The molecule has 6 heteroatoms. The molecule has 0 aliphatic carbocycles. The molecular formula is C70H110O6. The number of hydrogen-bond acceptors (Lipinski definition) is 6. The molecule has 426 valence electrons. The molecule has 0 saturated carbocycles. The van der Waals surface area contributed by atoms with Crippen LogP contribution in [-0.4, -0.2) is 37.2 Å². The van der Waals surface area contributed by atoms with E-state index in [4.69, 9.17) is 14.2 Å². The van der Waals surface area contributed by atoms with Gasteiger partial charge in [-0.3, -0.25) is 14.4 Å². The molecule has 0 aliphatic rings. The Morgan fingerprint density at radius 1 is 0.276 bits per heavy atom. The summed E-state index contributed by atoms with van der Waals surface area (Å²) in [4.78, 5) is 38.3. The topological polar surface area (TPSA) is 78.9 Å². The number of carbonyl (C=O) groups excluding carboxylic acids is 3. The van der Waals surface area contributed by atoms with Crippen LogP contribution in [0.5, 0.6) is 0 Å². The first-order chi connectivity index (χ1) is 37.5. The molecule has 0 aromatic carbocycles. The average molecular weight is 1050 g/mol. The van der Waals surface area contributed by atoms with Crippen LogP contribution in [0.1, 0.15) is 245 Å². The van der Waals surface area contributed by atoms with Gasteiger partial charge in [0.2, 0.25) is 0 Å². The smallest absolute Gasteiger partial charge is 0.306 e. The van der Waals surface area contributed by atoms with Crippen molar-refractivity contribution in [3.63, 3.8) is 0 Å². The maximum atomic E-state index is 12.9. The number of esters is 3.